The Labute approximate surface area is 126 Å². The van der Waals surface area contributed by atoms with Crippen LogP contribution in [0.2, 0.25) is 5.02 Å². The monoisotopic (exact) mass is 308 g/mol. The van der Waals surface area contributed by atoms with Gasteiger partial charge in [0, 0.05) is 9.92 Å². The Morgan fingerprint density at radius 1 is 1.10 bits per heavy atom. The molecule has 2 aromatic rings. The Bertz CT molecular complexity index is 567. The number of rotatable bonds is 5. The van der Waals surface area contributed by atoms with Gasteiger partial charge in [-0.3, -0.25) is 0 Å². The molecule has 0 fully saturated rings. The number of ether oxygens (including phenoxy) is 2. The van der Waals surface area contributed by atoms with Gasteiger partial charge in [0.15, 0.2) is 0 Å². The minimum Gasteiger partial charge on any atom is -0.497 e. The quantitative estimate of drug-likeness (QED) is 0.470. The van der Waals surface area contributed by atoms with Gasteiger partial charge in [-0.15, -0.1) is 0 Å². The summed E-state index contributed by atoms with van der Waals surface area (Å²) >= 11 is 7.23. The van der Waals surface area contributed by atoms with E-state index in [1.54, 1.807) is 43.5 Å². The van der Waals surface area contributed by atoms with Gasteiger partial charge in [0.05, 0.1) is 12.7 Å². The van der Waals surface area contributed by atoms with Crippen LogP contribution >= 0.6 is 23.4 Å². The highest BCUT2D eigenvalue weighted by atomic mass is 35.5. The van der Waals surface area contributed by atoms with Gasteiger partial charge < -0.3 is 9.47 Å². The molecular formula is C15H13ClO3S. The third-order valence-electron chi connectivity index (χ3n) is 2.55. The molecule has 2 rings (SSSR count). The van der Waals surface area contributed by atoms with Crippen molar-refractivity contribution in [3.63, 3.8) is 0 Å². The normalized spacial score (nSPS) is 10.1. The number of halogens is 1. The lowest BCUT2D eigenvalue weighted by atomic mass is 10.2. The fourth-order valence-electron chi connectivity index (χ4n) is 1.49. The van der Waals surface area contributed by atoms with E-state index >= 15 is 0 Å². The molecule has 0 saturated heterocycles. The molecule has 0 aliphatic carbocycles. The molecule has 2 aromatic carbocycles. The molecule has 0 aliphatic rings. The summed E-state index contributed by atoms with van der Waals surface area (Å²) in [5.74, 6) is 0.609. The molecule has 20 heavy (non-hydrogen) atoms. The second kappa shape index (κ2) is 7.22. The number of methoxy groups -OCH3 is 1. The van der Waals surface area contributed by atoms with Crippen LogP contribution in [-0.4, -0.2) is 19.0 Å². The standard InChI is InChI=1S/C15H13ClO3S/c1-18-13-6-2-11(3-7-13)15(17)19-10-20-14-8-4-12(16)5-9-14/h2-9H,10H2,1H3. The van der Waals surface area contributed by atoms with Crippen molar-refractivity contribution in [1.29, 1.82) is 0 Å². The summed E-state index contributed by atoms with van der Waals surface area (Å²) < 4.78 is 10.2. The van der Waals surface area contributed by atoms with Crippen LogP contribution in [0, 0.1) is 0 Å². The summed E-state index contributed by atoms with van der Waals surface area (Å²) in [7, 11) is 1.58. The zero-order valence-electron chi connectivity index (χ0n) is 10.8. The lowest BCUT2D eigenvalue weighted by Gasteiger charge is -2.05. The number of thioether (sulfide) groups is 1. The Kier molecular flexibility index (Phi) is 5.32. The van der Waals surface area contributed by atoms with Gasteiger partial charge in [0.25, 0.3) is 0 Å². The van der Waals surface area contributed by atoms with Crippen molar-refractivity contribution in [3.8, 4) is 5.75 Å². The summed E-state index contributed by atoms with van der Waals surface area (Å²) in [6.45, 7) is 0. The van der Waals surface area contributed by atoms with Crippen molar-refractivity contribution < 1.29 is 14.3 Å². The molecule has 3 nitrogen and oxygen atoms in total. The lowest BCUT2D eigenvalue weighted by Crippen LogP contribution is -2.04. The van der Waals surface area contributed by atoms with Gasteiger partial charge in [-0.05, 0) is 48.5 Å². The molecule has 0 spiro atoms. The van der Waals surface area contributed by atoms with Gasteiger partial charge in [-0.2, -0.15) is 0 Å². The molecule has 0 atom stereocenters. The van der Waals surface area contributed by atoms with Crippen LogP contribution in [0.15, 0.2) is 53.4 Å². The molecule has 0 bridgehead atoms. The van der Waals surface area contributed by atoms with E-state index < -0.39 is 0 Å². The summed E-state index contributed by atoms with van der Waals surface area (Å²) in [5, 5.41) is 0.685. The maximum atomic E-state index is 11.8. The van der Waals surface area contributed by atoms with Crippen LogP contribution in [0.1, 0.15) is 10.4 Å². The van der Waals surface area contributed by atoms with Gasteiger partial charge in [0.1, 0.15) is 11.7 Å². The smallest absolute Gasteiger partial charge is 0.338 e. The van der Waals surface area contributed by atoms with E-state index in [1.165, 1.54) is 11.8 Å². The maximum absolute atomic E-state index is 11.8. The average molecular weight is 309 g/mol. The van der Waals surface area contributed by atoms with Crippen molar-refractivity contribution in [3.05, 3.63) is 59.1 Å². The molecular weight excluding hydrogens is 296 g/mol. The first-order chi connectivity index (χ1) is 9.69. The Morgan fingerprint density at radius 2 is 1.75 bits per heavy atom. The molecule has 0 N–H and O–H groups in total. The summed E-state index contributed by atoms with van der Waals surface area (Å²) in [6, 6.07) is 14.2. The SMILES string of the molecule is COc1ccc(C(=O)OCSc2ccc(Cl)cc2)cc1. The van der Waals surface area contributed by atoms with E-state index in [9.17, 15) is 4.79 Å². The number of hydrogen-bond acceptors (Lipinski definition) is 4. The third kappa shape index (κ3) is 4.18. The second-order valence-electron chi connectivity index (χ2n) is 3.88. The first-order valence-electron chi connectivity index (χ1n) is 5.88. The van der Waals surface area contributed by atoms with Crippen LogP contribution in [0.5, 0.6) is 5.75 Å². The van der Waals surface area contributed by atoms with Gasteiger partial charge in [-0.25, -0.2) is 4.79 Å². The fraction of sp³-hybridized carbons (Fsp3) is 0.133. The first kappa shape index (κ1) is 14.8. The molecule has 0 unspecified atom stereocenters. The molecule has 0 radical (unpaired) electrons. The predicted octanol–water partition coefficient (Wildman–Crippen LogP) is 4.26. The fourth-order valence-corrected chi connectivity index (χ4v) is 2.25. The topological polar surface area (TPSA) is 35.5 Å². The van der Waals surface area contributed by atoms with E-state index in [-0.39, 0.29) is 11.9 Å². The number of carbonyl (C=O) groups is 1. The zero-order chi connectivity index (χ0) is 14.4. The van der Waals surface area contributed by atoms with Gasteiger partial charge >= 0.3 is 5.97 Å². The van der Waals surface area contributed by atoms with Crippen LogP contribution in [0.25, 0.3) is 0 Å². The highest BCUT2D eigenvalue weighted by molar-refractivity contribution is 7.99. The number of benzene rings is 2. The third-order valence-corrected chi connectivity index (χ3v) is 3.65. The Morgan fingerprint density at radius 3 is 2.35 bits per heavy atom. The minimum absolute atomic E-state index is 0.256. The van der Waals surface area contributed by atoms with Gasteiger partial charge in [-0.1, -0.05) is 23.4 Å². The first-order valence-corrected chi connectivity index (χ1v) is 7.25. The Balaban J connectivity index is 1.83. The number of hydrogen-bond donors (Lipinski definition) is 0. The molecule has 0 amide bonds. The molecule has 5 heteroatoms. The molecule has 0 aliphatic heterocycles. The van der Waals surface area contributed by atoms with E-state index in [0.717, 1.165) is 4.90 Å². The number of carbonyl (C=O) groups excluding carboxylic acids is 1. The summed E-state index contributed by atoms with van der Waals surface area (Å²) in [4.78, 5) is 12.8. The maximum Gasteiger partial charge on any atom is 0.338 e. The molecule has 0 heterocycles. The van der Waals surface area contributed by atoms with Gasteiger partial charge in [0.2, 0.25) is 0 Å². The summed E-state index contributed by atoms with van der Waals surface area (Å²) in [5.41, 5.74) is 0.502. The van der Waals surface area contributed by atoms with E-state index in [0.29, 0.717) is 16.3 Å². The zero-order valence-corrected chi connectivity index (χ0v) is 12.4. The van der Waals surface area contributed by atoms with Crippen molar-refractivity contribution in [2.24, 2.45) is 0 Å². The van der Waals surface area contributed by atoms with E-state index in [4.69, 9.17) is 21.1 Å². The van der Waals surface area contributed by atoms with E-state index in [1.807, 2.05) is 12.1 Å². The highest BCUT2D eigenvalue weighted by Crippen LogP contribution is 2.21. The van der Waals surface area contributed by atoms with Crippen molar-refractivity contribution >= 4 is 29.3 Å². The molecule has 0 aromatic heterocycles. The number of esters is 1. The molecule has 104 valence electrons. The largest absolute Gasteiger partial charge is 0.497 e. The average Bonchev–Trinajstić information content (AvgIpc) is 2.49. The Hall–Kier alpha value is -1.65. The van der Waals surface area contributed by atoms with Crippen molar-refractivity contribution in [1.82, 2.24) is 0 Å². The van der Waals surface area contributed by atoms with Crippen molar-refractivity contribution in [2.75, 3.05) is 13.0 Å². The van der Waals surface area contributed by atoms with Crippen LogP contribution in [-0.2, 0) is 4.74 Å². The summed E-state index contributed by atoms with van der Waals surface area (Å²) in [6.07, 6.45) is 0. The lowest BCUT2D eigenvalue weighted by molar-refractivity contribution is 0.0579. The van der Waals surface area contributed by atoms with Crippen LogP contribution in [0.4, 0.5) is 0 Å². The van der Waals surface area contributed by atoms with Crippen LogP contribution < -0.4 is 4.74 Å². The minimum atomic E-state index is -0.353. The van der Waals surface area contributed by atoms with Crippen LogP contribution in [0.3, 0.4) is 0 Å². The molecule has 0 saturated carbocycles. The second-order valence-corrected chi connectivity index (χ2v) is 5.31. The van der Waals surface area contributed by atoms with E-state index in [2.05, 4.69) is 0 Å². The highest BCUT2D eigenvalue weighted by Gasteiger charge is 2.07. The predicted molar refractivity (Wildman–Crippen MR) is 80.6 cm³/mol. The van der Waals surface area contributed by atoms with Crippen molar-refractivity contribution in [2.45, 2.75) is 4.90 Å².